The fourth-order valence-corrected chi connectivity index (χ4v) is 2.02. The molecule has 1 atom stereocenters. The lowest BCUT2D eigenvalue weighted by Gasteiger charge is -2.24. The maximum absolute atomic E-state index is 11.9. The van der Waals surface area contributed by atoms with E-state index in [1.165, 1.54) is 0 Å². The van der Waals surface area contributed by atoms with E-state index in [-0.39, 0.29) is 17.4 Å². The van der Waals surface area contributed by atoms with Crippen molar-refractivity contribution < 1.29 is 4.79 Å². The van der Waals surface area contributed by atoms with Crippen molar-refractivity contribution in [1.82, 2.24) is 10.3 Å². The third-order valence-electron chi connectivity index (χ3n) is 3.43. The van der Waals surface area contributed by atoms with E-state index in [1.807, 2.05) is 19.1 Å². The van der Waals surface area contributed by atoms with E-state index >= 15 is 0 Å². The normalized spacial score (nSPS) is 13.1. The van der Waals surface area contributed by atoms with Crippen LogP contribution in [0.5, 0.6) is 0 Å². The van der Waals surface area contributed by atoms with Gasteiger partial charge in [0, 0.05) is 18.8 Å². The fourth-order valence-electron chi connectivity index (χ4n) is 2.02. The van der Waals surface area contributed by atoms with Crippen LogP contribution in [0.1, 0.15) is 51.6 Å². The molecule has 0 aromatic carbocycles. The summed E-state index contributed by atoms with van der Waals surface area (Å²) >= 11 is 0. The van der Waals surface area contributed by atoms with Crippen LogP contribution in [0.3, 0.4) is 0 Å². The van der Waals surface area contributed by atoms with Crippen LogP contribution in [0.25, 0.3) is 0 Å². The van der Waals surface area contributed by atoms with E-state index in [4.69, 9.17) is 5.73 Å². The molecule has 1 aromatic heterocycles. The number of carbonyl (C=O) groups is 1. The first-order chi connectivity index (χ1) is 8.94. The van der Waals surface area contributed by atoms with Crippen molar-refractivity contribution in [3.63, 3.8) is 0 Å². The van der Waals surface area contributed by atoms with E-state index in [9.17, 15) is 4.79 Å². The number of nitrogens with one attached hydrogen (secondary N) is 1. The number of carbonyl (C=O) groups excluding carboxylic acids is 1. The van der Waals surface area contributed by atoms with Crippen LogP contribution >= 0.6 is 0 Å². The first kappa shape index (κ1) is 15.6. The topological polar surface area (TPSA) is 68.0 Å². The summed E-state index contributed by atoms with van der Waals surface area (Å²) in [6.07, 6.45) is 5.83. The van der Waals surface area contributed by atoms with Gasteiger partial charge in [0.25, 0.3) is 0 Å². The Hall–Kier alpha value is -1.42. The van der Waals surface area contributed by atoms with E-state index in [0.29, 0.717) is 13.0 Å². The monoisotopic (exact) mass is 263 g/mol. The Bertz CT molecular complexity index is 390. The lowest BCUT2D eigenvalue weighted by Crippen LogP contribution is -2.28. The fraction of sp³-hybridized carbons (Fsp3) is 0.600. The molecule has 0 spiro atoms. The van der Waals surface area contributed by atoms with Gasteiger partial charge in [-0.1, -0.05) is 13.8 Å². The molecule has 1 amide bonds. The number of pyridine rings is 1. The van der Waals surface area contributed by atoms with Gasteiger partial charge in [0.2, 0.25) is 5.91 Å². The standard InChI is InChI=1S/C15H25N3O/c1-12(13-5-10-17-11-6-13)18-14(19)4-7-15(2,3)8-9-16/h5-6,10-12H,4,7-9,16H2,1-3H3,(H,18,19)/t12-/m1/s1. The van der Waals surface area contributed by atoms with Crippen molar-refractivity contribution in [1.29, 1.82) is 0 Å². The summed E-state index contributed by atoms with van der Waals surface area (Å²) in [6.45, 7) is 6.96. The molecular formula is C15H25N3O. The molecule has 0 aliphatic heterocycles. The molecule has 4 nitrogen and oxygen atoms in total. The van der Waals surface area contributed by atoms with Crippen molar-refractivity contribution in [2.75, 3.05) is 6.54 Å². The van der Waals surface area contributed by atoms with Crippen molar-refractivity contribution in [3.05, 3.63) is 30.1 Å². The first-order valence-corrected chi connectivity index (χ1v) is 6.84. The summed E-state index contributed by atoms with van der Waals surface area (Å²) in [7, 11) is 0. The molecule has 0 fully saturated rings. The zero-order valence-electron chi connectivity index (χ0n) is 12.1. The average Bonchev–Trinajstić information content (AvgIpc) is 2.37. The highest BCUT2D eigenvalue weighted by atomic mass is 16.1. The summed E-state index contributed by atoms with van der Waals surface area (Å²) in [6, 6.07) is 3.86. The molecule has 0 bridgehead atoms. The van der Waals surface area contributed by atoms with Gasteiger partial charge in [0.05, 0.1) is 6.04 Å². The predicted octanol–water partition coefficient (Wildman–Crippen LogP) is 2.41. The largest absolute Gasteiger partial charge is 0.350 e. The van der Waals surface area contributed by atoms with Crippen LogP contribution in [-0.2, 0) is 4.79 Å². The third-order valence-corrected chi connectivity index (χ3v) is 3.43. The lowest BCUT2D eigenvalue weighted by atomic mass is 9.84. The van der Waals surface area contributed by atoms with Gasteiger partial charge in [-0.25, -0.2) is 0 Å². The van der Waals surface area contributed by atoms with Crippen LogP contribution in [0.4, 0.5) is 0 Å². The minimum absolute atomic E-state index is 0.0214. The Morgan fingerprint density at radius 3 is 2.58 bits per heavy atom. The van der Waals surface area contributed by atoms with Crippen molar-refractivity contribution in [3.8, 4) is 0 Å². The maximum Gasteiger partial charge on any atom is 0.220 e. The number of nitrogens with two attached hydrogens (primary N) is 1. The van der Waals surface area contributed by atoms with Gasteiger partial charge in [0.1, 0.15) is 0 Å². The zero-order valence-corrected chi connectivity index (χ0v) is 12.1. The lowest BCUT2D eigenvalue weighted by molar-refractivity contribution is -0.122. The Morgan fingerprint density at radius 2 is 2.00 bits per heavy atom. The number of hydrogen-bond acceptors (Lipinski definition) is 3. The molecule has 4 heteroatoms. The quantitative estimate of drug-likeness (QED) is 0.794. The molecule has 3 N–H and O–H groups in total. The van der Waals surface area contributed by atoms with Crippen LogP contribution in [0.15, 0.2) is 24.5 Å². The second-order valence-corrected chi connectivity index (χ2v) is 5.77. The van der Waals surface area contributed by atoms with Gasteiger partial charge < -0.3 is 11.1 Å². The number of nitrogens with zero attached hydrogens (tertiary/aromatic N) is 1. The summed E-state index contributed by atoms with van der Waals surface area (Å²) in [5.74, 6) is 0.0920. The molecule has 106 valence electrons. The molecule has 0 aliphatic carbocycles. The van der Waals surface area contributed by atoms with Crippen LogP contribution in [0, 0.1) is 5.41 Å². The Morgan fingerprint density at radius 1 is 1.37 bits per heavy atom. The van der Waals surface area contributed by atoms with E-state index in [0.717, 1.165) is 18.4 Å². The molecular weight excluding hydrogens is 238 g/mol. The smallest absolute Gasteiger partial charge is 0.220 e. The van der Waals surface area contributed by atoms with Crippen LogP contribution < -0.4 is 11.1 Å². The number of aromatic nitrogens is 1. The van der Waals surface area contributed by atoms with E-state index in [1.54, 1.807) is 12.4 Å². The highest BCUT2D eigenvalue weighted by molar-refractivity contribution is 5.76. The second-order valence-electron chi connectivity index (χ2n) is 5.77. The van der Waals surface area contributed by atoms with Gasteiger partial charge in [-0.05, 0) is 49.4 Å². The van der Waals surface area contributed by atoms with Gasteiger partial charge in [-0.3, -0.25) is 9.78 Å². The first-order valence-electron chi connectivity index (χ1n) is 6.84. The molecule has 1 aromatic rings. The maximum atomic E-state index is 11.9. The summed E-state index contributed by atoms with van der Waals surface area (Å²) < 4.78 is 0. The third kappa shape index (κ3) is 5.83. The summed E-state index contributed by atoms with van der Waals surface area (Å²) in [5.41, 5.74) is 6.78. The molecule has 0 aliphatic rings. The molecule has 0 radical (unpaired) electrons. The molecule has 19 heavy (non-hydrogen) atoms. The zero-order chi connectivity index (χ0) is 14.3. The minimum atomic E-state index is 0.0214. The highest BCUT2D eigenvalue weighted by Crippen LogP contribution is 2.25. The molecule has 0 saturated carbocycles. The van der Waals surface area contributed by atoms with Crippen molar-refractivity contribution in [2.24, 2.45) is 11.1 Å². The predicted molar refractivity (Wildman–Crippen MR) is 77.5 cm³/mol. The van der Waals surface area contributed by atoms with Crippen LogP contribution in [0.2, 0.25) is 0 Å². The minimum Gasteiger partial charge on any atom is -0.350 e. The van der Waals surface area contributed by atoms with E-state index in [2.05, 4.69) is 24.1 Å². The van der Waals surface area contributed by atoms with Crippen molar-refractivity contribution in [2.45, 2.75) is 46.1 Å². The Labute approximate surface area is 115 Å². The summed E-state index contributed by atoms with van der Waals surface area (Å²) in [5, 5.41) is 3.01. The molecule has 0 saturated heterocycles. The summed E-state index contributed by atoms with van der Waals surface area (Å²) in [4.78, 5) is 15.9. The Kier molecular flexibility index (Phi) is 5.96. The van der Waals surface area contributed by atoms with Crippen molar-refractivity contribution >= 4 is 5.91 Å². The van der Waals surface area contributed by atoms with E-state index < -0.39 is 0 Å². The van der Waals surface area contributed by atoms with Gasteiger partial charge >= 0.3 is 0 Å². The number of amides is 1. The second kappa shape index (κ2) is 7.24. The molecule has 1 rings (SSSR count). The highest BCUT2D eigenvalue weighted by Gasteiger charge is 2.19. The van der Waals surface area contributed by atoms with Crippen LogP contribution in [-0.4, -0.2) is 17.4 Å². The Balaban J connectivity index is 2.39. The molecule has 1 heterocycles. The SMILES string of the molecule is C[C@@H](NC(=O)CCC(C)(C)CCN)c1ccncc1. The average molecular weight is 263 g/mol. The molecule has 0 unspecified atom stereocenters. The van der Waals surface area contributed by atoms with Gasteiger partial charge in [-0.2, -0.15) is 0 Å². The van der Waals surface area contributed by atoms with Gasteiger partial charge in [0.15, 0.2) is 0 Å². The number of hydrogen-bond donors (Lipinski definition) is 2. The van der Waals surface area contributed by atoms with Gasteiger partial charge in [-0.15, -0.1) is 0 Å². The number of rotatable bonds is 7.